The summed E-state index contributed by atoms with van der Waals surface area (Å²) in [6.07, 6.45) is 1.62. The molecule has 4 heteroatoms. The predicted molar refractivity (Wildman–Crippen MR) is 41.3 cm³/mol. The molecule has 62 valence electrons. The lowest BCUT2D eigenvalue weighted by molar-refractivity contribution is 0.451. The Hall–Kier alpha value is -0.900. The first kappa shape index (κ1) is 8.20. The highest BCUT2D eigenvalue weighted by Crippen LogP contribution is 1.99. The lowest BCUT2D eigenvalue weighted by Crippen LogP contribution is -2.10. The number of rotatable bonds is 4. The fraction of sp³-hybridized carbons (Fsp3) is 0.714. The van der Waals surface area contributed by atoms with Gasteiger partial charge in [-0.3, -0.25) is 0 Å². The number of nitrogens with one attached hydrogen (secondary N) is 1. The van der Waals surface area contributed by atoms with Crippen molar-refractivity contribution in [2.75, 3.05) is 13.6 Å². The number of hydrogen-bond acceptors (Lipinski definition) is 4. The molecule has 4 nitrogen and oxygen atoms in total. The molecule has 1 aromatic heterocycles. The van der Waals surface area contributed by atoms with Crippen molar-refractivity contribution in [3.63, 3.8) is 0 Å². The summed E-state index contributed by atoms with van der Waals surface area (Å²) >= 11 is 0. The molecule has 0 atom stereocenters. The summed E-state index contributed by atoms with van der Waals surface area (Å²) in [5, 5.41) is 10.7. The molecule has 0 saturated carbocycles. The lowest BCUT2D eigenvalue weighted by Gasteiger charge is -1.91. The van der Waals surface area contributed by atoms with Crippen molar-refractivity contribution < 1.29 is 4.42 Å². The van der Waals surface area contributed by atoms with Gasteiger partial charge in [-0.1, -0.05) is 6.92 Å². The van der Waals surface area contributed by atoms with Gasteiger partial charge in [0, 0.05) is 19.4 Å². The summed E-state index contributed by atoms with van der Waals surface area (Å²) in [5.74, 6) is 1.44. The Morgan fingerprint density at radius 3 is 2.64 bits per heavy atom. The molecule has 0 bridgehead atoms. The third kappa shape index (κ3) is 2.31. The third-order valence-electron chi connectivity index (χ3n) is 1.40. The molecule has 0 radical (unpaired) electrons. The second-order valence-electron chi connectivity index (χ2n) is 2.30. The molecule has 1 heterocycles. The summed E-state index contributed by atoms with van der Waals surface area (Å²) in [5.41, 5.74) is 0. The minimum absolute atomic E-state index is 0.719. The van der Waals surface area contributed by atoms with Crippen LogP contribution >= 0.6 is 0 Å². The smallest absolute Gasteiger partial charge is 0.217 e. The van der Waals surface area contributed by atoms with E-state index in [1.54, 1.807) is 0 Å². The highest BCUT2D eigenvalue weighted by atomic mass is 16.4. The maximum absolute atomic E-state index is 5.27. The van der Waals surface area contributed by atoms with Crippen LogP contribution in [0.25, 0.3) is 0 Å². The summed E-state index contributed by atoms with van der Waals surface area (Å²) in [4.78, 5) is 0. The van der Waals surface area contributed by atoms with Crippen molar-refractivity contribution in [2.24, 2.45) is 0 Å². The molecule has 0 saturated heterocycles. The van der Waals surface area contributed by atoms with Gasteiger partial charge in [0.15, 0.2) is 0 Å². The molecule has 0 aliphatic rings. The molecule has 0 fully saturated rings. The van der Waals surface area contributed by atoms with Gasteiger partial charge in [-0.25, -0.2) is 0 Å². The standard InChI is InChI=1S/C7H13N3O/c1-3-6-9-10-7(11-6)4-5-8-2/h8H,3-5H2,1-2H3. The van der Waals surface area contributed by atoms with Crippen molar-refractivity contribution >= 4 is 0 Å². The Morgan fingerprint density at radius 1 is 1.36 bits per heavy atom. The first-order valence-corrected chi connectivity index (χ1v) is 3.82. The van der Waals surface area contributed by atoms with E-state index in [-0.39, 0.29) is 0 Å². The molecule has 1 N–H and O–H groups in total. The van der Waals surface area contributed by atoms with E-state index in [9.17, 15) is 0 Å². The Morgan fingerprint density at radius 2 is 2.09 bits per heavy atom. The van der Waals surface area contributed by atoms with Gasteiger partial charge in [0.2, 0.25) is 11.8 Å². The van der Waals surface area contributed by atoms with E-state index in [1.165, 1.54) is 0 Å². The fourth-order valence-corrected chi connectivity index (χ4v) is 0.764. The summed E-state index contributed by atoms with van der Waals surface area (Å²) in [7, 11) is 1.90. The Kier molecular flexibility index (Phi) is 3.04. The van der Waals surface area contributed by atoms with Gasteiger partial charge < -0.3 is 9.73 Å². The summed E-state index contributed by atoms with van der Waals surface area (Å²) in [6, 6.07) is 0. The minimum atomic E-state index is 0.719. The van der Waals surface area contributed by atoms with Crippen LogP contribution in [0.1, 0.15) is 18.7 Å². The lowest BCUT2D eigenvalue weighted by atomic mass is 10.4. The van der Waals surface area contributed by atoms with E-state index < -0.39 is 0 Å². The molecular formula is C7H13N3O. The van der Waals surface area contributed by atoms with Crippen LogP contribution < -0.4 is 5.32 Å². The Labute approximate surface area is 66.0 Å². The maximum atomic E-state index is 5.27. The number of nitrogens with zero attached hydrogens (tertiary/aromatic N) is 2. The number of aryl methyl sites for hydroxylation is 1. The van der Waals surface area contributed by atoms with Crippen LogP contribution in [-0.2, 0) is 12.8 Å². The molecule has 1 aromatic rings. The Bertz CT molecular complexity index is 209. The van der Waals surface area contributed by atoms with Crippen LogP contribution in [0.5, 0.6) is 0 Å². The van der Waals surface area contributed by atoms with Gasteiger partial charge in [-0.05, 0) is 7.05 Å². The van der Waals surface area contributed by atoms with Gasteiger partial charge in [-0.15, -0.1) is 10.2 Å². The van der Waals surface area contributed by atoms with Crippen LogP contribution in [0.4, 0.5) is 0 Å². The van der Waals surface area contributed by atoms with Crippen molar-refractivity contribution in [3.8, 4) is 0 Å². The summed E-state index contributed by atoms with van der Waals surface area (Å²) in [6.45, 7) is 2.88. The first-order valence-electron chi connectivity index (χ1n) is 3.82. The maximum Gasteiger partial charge on any atom is 0.217 e. The number of aromatic nitrogens is 2. The van der Waals surface area contributed by atoms with Crippen LogP contribution in [0.15, 0.2) is 4.42 Å². The van der Waals surface area contributed by atoms with Crippen LogP contribution in [0.2, 0.25) is 0 Å². The molecule has 0 spiro atoms. The zero-order chi connectivity index (χ0) is 8.10. The van der Waals surface area contributed by atoms with Crippen molar-refractivity contribution in [2.45, 2.75) is 19.8 Å². The molecule has 0 aromatic carbocycles. The van der Waals surface area contributed by atoms with Crippen LogP contribution in [0, 0.1) is 0 Å². The highest BCUT2D eigenvalue weighted by Gasteiger charge is 2.01. The van der Waals surface area contributed by atoms with Gasteiger partial charge in [0.25, 0.3) is 0 Å². The molecule has 0 aliphatic heterocycles. The Balaban J connectivity index is 2.44. The van der Waals surface area contributed by atoms with E-state index in [2.05, 4.69) is 15.5 Å². The number of hydrogen-bond donors (Lipinski definition) is 1. The largest absolute Gasteiger partial charge is 0.425 e. The van der Waals surface area contributed by atoms with E-state index in [0.29, 0.717) is 0 Å². The van der Waals surface area contributed by atoms with Gasteiger partial charge in [0.05, 0.1) is 0 Å². The zero-order valence-corrected chi connectivity index (χ0v) is 6.92. The topological polar surface area (TPSA) is 51.0 Å². The molecule has 1 rings (SSSR count). The van der Waals surface area contributed by atoms with Crippen molar-refractivity contribution in [1.29, 1.82) is 0 Å². The third-order valence-corrected chi connectivity index (χ3v) is 1.40. The van der Waals surface area contributed by atoms with Crippen LogP contribution in [0.3, 0.4) is 0 Å². The predicted octanol–water partition coefficient (Wildman–Crippen LogP) is 0.394. The average Bonchev–Trinajstić information content (AvgIpc) is 2.48. The van der Waals surface area contributed by atoms with Gasteiger partial charge in [-0.2, -0.15) is 0 Å². The van der Waals surface area contributed by atoms with Crippen molar-refractivity contribution in [3.05, 3.63) is 11.8 Å². The number of likely N-dealkylation sites (N-methyl/N-ethyl adjacent to an activating group) is 1. The molecular weight excluding hydrogens is 142 g/mol. The normalized spacial score (nSPS) is 10.4. The van der Waals surface area contributed by atoms with E-state index in [4.69, 9.17) is 4.42 Å². The monoisotopic (exact) mass is 155 g/mol. The van der Waals surface area contributed by atoms with Crippen molar-refractivity contribution in [1.82, 2.24) is 15.5 Å². The van der Waals surface area contributed by atoms with Crippen LogP contribution in [-0.4, -0.2) is 23.8 Å². The first-order chi connectivity index (χ1) is 5.36. The van der Waals surface area contributed by atoms with E-state index in [1.807, 2.05) is 14.0 Å². The molecule has 0 aliphatic carbocycles. The average molecular weight is 155 g/mol. The van der Waals surface area contributed by atoms with E-state index in [0.717, 1.165) is 31.2 Å². The highest BCUT2D eigenvalue weighted by molar-refractivity contribution is 4.81. The molecule has 0 amide bonds. The van der Waals surface area contributed by atoms with E-state index >= 15 is 0 Å². The second kappa shape index (κ2) is 4.08. The minimum Gasteiger partial charge on any atom is -0.425 e. The fourth-order valence-electron chi connectivity index (χ4n) is 0.764. The van der Waals surface area contributed by atoms with Gasteiger partial charge >= 0.3 is 0 Å². The summed E-state index contributed by atoms with van der Waals surface area (Å²) < 4.78 is 5.27. The van der Waals surface area contributed by atoms with Gasteiger partial charge in [0.1, 0.15) is 0 Å². The second-order valence-corrected chi connectivity index (χ2v) is 2.30. The SMILES string of the molecule is CCc1nnc(CCNC)o1. The molecule has 0 unspecified atom stereocenters. The quantitative estimate of drug-likeness (QED) is 0.683. The zero-order valence-electron chi connectivity index (χ0n) is 6.92. The molecule has 11 heavy (non-hydrogen) atoms.